The third-order valence-corrected chi connectivity index (χ3v) is 10.1. The average Bonchev–Trinajstić information content (AvgIpc) is 3.35. The van der Waals surface area contributed by atoms with Crippen LogP contribution in [0.1, 0.15) is 68.2 Å². The van der Waals surface area contributed by atoms with Crippen molar-refractivity contribution in [2.24, 2.45) is 5.92 Å². The van der Waals surface area contributed by atoms with E-state index in [9.17, 15) is 24.3 Å². The standard InChI is InChI=1S/C33H32N2O6S2/c1-4-25(30(37)35-31-28(33(40)41-3)22-15-14-18(2)16-26(22)43-31)42-21-11-7-10-20(17-21)34-29(36)23-12-5-8-19-9-6-13-24(27(19)23)32(38)39/h5-13,17-18,25H,4,14-16H2,1-3H3,(H,34,36)(H,35,37)(H,38,39). The van der Waals surface area contributed by atoms with E-state index in [4.69, 9.17) is 4.74 Å². The average molecular weight is 617 g/mol. The molecule has 0 aliphatic heterocycles. The minimum absolute atomic E-state index is 0.0563. The molecule has 0 saturated heterocycles. The summed E-state index contributed by atoms with van der Waals surface area (Å²) >= 11 is 2.82. The highest BCUT2D eigenvalue weighted by Gasteiger charge is 2.30. The second-order valence-corrected chi connectivity index (χ2v) is 12.9. The summed E-state index contributed by atoms with van der Waals surface area (Å²) < 4.78 is 5.06. The molecular weight excluding hydrogens is 585 g/mol. The van der Waals surface area contributed by atoms with Gasteiger partial charge in [-0.15, -0.1) is 23.1 Å². The molecule has 0 bridgehead atoms. The molecule has 43 heavy (non-hydrogen) atoms. The number of ether oxygens (including phenoxy) is 1. The van der Waals surface area contributed by atoms with Crippen molar-refractivity contribution < 1.29 is 29.0 Å². The van der Waals surface area contributed by atoms with Gasteiger partial charge < -0.3 is 20.5 Å². The zero-order valence-electron chi connectivity index (χ0n) is 24.1. The van der Waals surface area contributed by atoms with Crippen LogP contribution in [0.15, 0.2) is 65.6 Å². The fourth-order valence-electron chi connectivity index (χ4n) is 5.39. The summed E-state index contributed by atoms with van der Waals surface area (Å²) in [5.74, 6) is -1.67. The lowest BCUT2D eigenvalue weighted by atomic mass is 9.88. The predicted octanol–water partition coefficient (Wildman–Crippen LogP) is 7.27. The first-order valence-corrected chi connectivity index (χ1v) is 15.8. The number of aromatic carboxylic acids is 1. The van der Waals surface area contributed by atoms with Crippen LogP contribution in [0.25, 0.3) is 10.8 Å². The van der Waals surface area contributed by atoms with E-state index in [1.807, 2.05) is 13.0 Å². The lowest BCUT2D eigenvalue weighted by Crippen LogP contribution is -2.25. The van der Waals surface area contributed by atoms with Crippen LogP contribution in [0.3, 0.4) is 0 Å². The van der Waals surface area contributed by atoms with Gasteiger partial charge in [-0.05, 0) is 72.9 Å². The van der Waals surface area contributed by atoms with Crippen molar-refractivity contribution in [1.29, 1.82) is 0 Å². The molecule has 2 unspecified atom stereocenters. The van der Waals surface area contributed by atoms with Gasteiger partial charge in [0.2, 0.25) is 5.91 Å². The van der Waals surface area contributed by atoms with E-state index in [1.54, 1.807) is 48.5 Å². The number of anilines is 2. The Bertz CT molecular complexity index is 1720. The number of esters is 1. The topological polar surface area (TPSA) is 122 Å². The third kappa shape index (κ3) is 6.45. The second-order valence-electron chi connectivity index (χ2n) is 10.5. The minimum atomic E-state index is -1.11. The molecule has 3 aromatic carbocycles. The minimum Gasteiger partial charge on any atom is -0.478 e. The van der Waals surface area contributed by atoms with Crippen LogP contribution >= 0.6 is 23.1 Å². The molecule has 1 aromatic heterocycles. The smallest absolute Gasteiger partial charge is 0.341 e. The number of carboxylic acids is 1. The fourth-order valence-corrected chi connectivity index (χ4v) is 7.80. The van der Waals surface area contributed by atoms with Crippen molar-refractivity contribution in [3.63, 3.8) is 0 Å². The first-order valence-electron chi connectivity index (χ1n) is 14.1. The van der Waals surface area contributed by atoms with E-state index < -0.39 is 23.1 Å². The maximum Gasteiger partial charge on any atom is 0.341 e. The summed E-state index contributed by atoms with van der Waals surface area (Å²) in [5.41, 5.74) is 2.28. The SMILES string of the molecule is CCC(Sc1cccc(NC(=O)c2cccc3cccc(C(=O)O)c23)c1)C(=O)Nc1sc2c(c1C(=O)OC)CCC(C)C2. The molecule has 4 aromatic rings. The number of hydrogen-bond donors (Lipinski definition) is 3. The maximum atomic E-state index is 13.5. The third-order valence-electron chi connectivity index (χ3n) is 7.55. The highest BCUT2D eigenvalue weighted by molar-refractivity contribution is 8.00. The number of methoxy groups -OCH3 is 1. The van der Waals surface area contributed by atoms with Crippen molar-refractivity contribution in [1.82, 2.24) is 0 Å². The Labute approximate surface area is 257 Å². The number of carbonyl (C=O) groups is 4. The molecule has 3 N–H and O–H groups in total. The molecule has 1 aliphatic rings. The molecule has 222 valence electrons. The Morgan fingerprint density at radius 2 is 1.77 bits per heavy atom. The molecule has 1 heterocycles. The zero-order chi connectivity index (χ0) is 30.7. The fraction of sp³-hybridized carbons (Fsp3) is 0.273. The summed E-state index contributed by atoms with van der Waals surface area (Å²) in [4.78, 5) is 53.2. The maximum absolute atomic E-state index is 13.5. The molecule has 0 spiro atoms. The van der Waals surface area contributed by atoms with Crippen LogP contribution in [0.2, 0.25) is 0 Å². The van der Waals surface area contributed by atoms with Gasteiger partial charge in [0.25, 0.3) is 5.91 Å². The summed E-state index contributed by atoms with van der Waals surface area (Å²) in [6, 6.07) is 17.2. The van der Waals surface area contributed by atoms with E-state index in [0.717, 1.165) is 34.6 Å². The number of nitrogens with one attached hydrogen (secondary N) is 2. The van der Waals surface area contributed by atoms with E-state index in [1.165, 1.54) is 36.3 Å². The lowest BCUT2D eigenvalue weighted by Gasteiger charge is -2.18. The lowest BCUT2D eigenvalue weighted by molar-refractivity contribution is -0.115. The Kier molecular flexibility index (Phi) is 9.17. The highest BCUT2D eigenvalue weighted by Crippen LogP contribution is 2.40. The zero-order valence-corrected chi connectivity index (χ0v) is 25.7. The molecule has 2 atom stereocenters. The number of rotatable bonds is 9. The summed E-state index contributed by atoms with van der Waals surface area (Å²) in [6.07, 6.45) is 3.19. The molecule has 8 nitrogen and oxygen atoms in total. The Morgan fingerprint density at radius 3 is 2.47 bits per heavy atom. The quantitative estimate of drug-likeness (QED) is 0.134. The van der Waals surface area contributed by atoms with Crippen LogP contribution in [-0.4, -0.2) is 41.2 Å². The Morgan fingerprint density at radius 1 is 1.05 bits per heavy atom. The van der Waals surface area contributed by atoms with Gasteiger partial charge >= 0.3 is 11.9 Å². The molecule has 0 radical (unpaired) electrons. The second kappa shape index (κ2) is 13.0. The molecule has 2 amide bonds. The van der Waals surface area contributed by atoms with Crippen molar-refractivity contribution in [2.45, 2.75) is 49.7 Å². The largest absolute Gasteiger partial charge is 0.478 e. The van der Waals surface area contributed by atoms with Crippen LogP contribution in [0.4, 0.5) is 10.7 Å². The summed E-state index contributed by atoms with van der Waals surface area (Å²) in [5, 5.41) is 16.7. The van der Waals surface area contributed by atoms with Crippen LogP contribution in [-0.2, 0) is 22.4 Å². The highest BCUT2D eigenvalue weighted by atomic mass is 32.2. The number of thioether (sulfide) groups is 1. The molecule has 1 aliphatic carbocycles. The first-order chi connectivity index (χ1) is 20.7. The number of hydrogen-bond acceptors (Lipinski definition) is 7. The number of fused-ring (bicyclic) bond motifs is 2. The molecule has 0 fully saturated rings. The van der Waals surface area contributed by atoms with Gasteiger partial charge in [-0.3, -0.25) is 9.59 Å². The summed E-state index contributed by atoms with van der Waals surface area (Å²) in [7, 11) is 1.35. The van der Waals surface area contributed by atoms with Gasteiger partial charge in [0.15, 0.2) is 0 Å². The van der Waals surface area contributed by atoms with E-state index in [0.29, 0.717) is 39.4 Å². The van der Waals surface area contributed by atoms with Gasteiger partial charge in [0.1, 0.15) is 5.00 Å². The van der Waals surface area contributed by atoms with E-state index >= 15 is 0 Å². The number of carboxylic acid groups (broad SMARTS) is 1. The van der Waals surface area contributed by atoms with Crippen molar-refractivity contribution in [3.8, 4) is 0 Å². The van der Waals surface area contributed by atoms with Crippen molar-refractivity contribution in [2.75, 3.05) is 17.7 Å². The van der Waals surface area contributed by atoms with Gasteiger partial charge in [0, 0.05) is 26.4 Å². The van der Waals surface area contributed by atoms with Crippen molar-refractivity contribution in [3.05, 3.63) is 87.8 Å². The molecule has 5 rings (SSSR count). The van der Waals surface area contributed by atoms with Crippen LogP contribution < -0.4 is 10.6 Å². The van der Waals surface area contributed by atoms with Gasteiger partial charge in [-0.2, -0.15) is 0 Å². The molecule has 10 heteroatoms. The monoisotopic (exact) mass is 616 g/mol. The number of benzene rings is 3. The van der Waals surface area contributed by atoms with Crippen molar-refractivity contribution >= 4 is 68.3 Å². The number of thiophene rings is 1. The van der Waals surface area contributed by atoms with Crippen LogP contribution in [0.5, 0.6) is 0 Å². The predicted molar refractivity (Wildman–Crippen MR) is 171 cm³/mol. The van der Waals surface area contributed by atoms with Gasteiger partial charge in [-0.1, -0.05) is 44.2 Å². The number of carbonyl (C=O) groups excluding carboxylic acids is 3. The van der Waals surface area contributed by atoms with Crippen LogP contribution in [0, 0.1) is 5.92 Å². The number of amides is 2. The first kappa shape index (κ1) is 30.3. The van der Waals surface area contributed by atoms with Gasteiger partial charge in [0.05, 0.1) is 23.5 Å². The van der Waals surface area contributed by atoms with Gasteiger partial charge in [-0.25, -0.2) is 9.59 Å². The Hall–Kier alpha value is -4.15. The van der Waals surface area contributed by atoms with E-state index in [2.05, 4.69) is 17.6 Å². The molecule has 0 saturated carbocycles. The Balaban J connectivity index is 1.33. The molecular formula is C33H32N2O6S2. The normalized spacial score (nSPS) is 14.9. The van der Waals surface area contributed by atoms with E-state index in [-0.39, 0.29) is 17.0 Å². The summed E-state index contributed by atoms with van der Waals surface area (Å²) in [6.45, 7) is 4.11.